The molecule has 1 aromatic carbocycles. The molecule has 0 saturated heterocycles. The number of anilines is 1. The molecule has 6 heteroatoms. The maximum atomic E-state index is 12.1. The average Bonchev–Trinajstić information content (AvgIpc) is 2.34. The standard InChI is InChI=1S/C16H25NO4S/c1-11-9-13(17(6)15(18)21-16(3,4)5)10-12(2)14(11)7-8-22(19)20/h9-10H,7-8H2,1-6H3,(H,19,20)/p-1. The first kappa shape index (κ1) is 18.6. The van der Waals surface area contributed by atoms with Crippen molar-refractivity contribution in [1.29, 1.82) is 0 Å². The second kappa shape index (κ2) is 7.24. The van der Waals surface area contributed by atoms with Gasteiger partial charge >= 0.3 is 6.09 Å². The zero-order valence-electron chi connectivity index (χ0n) is 14.1. The minimum atomic E-state index is -2.05. The van der Waals surface area contributed by atoms with Crippen molar-refractivity contribution in [2.24, 2.45) is 0 Å². The summed E-state index contributed by atoms with van der Waals surface area (Å²) in [5, 5.41) is 0. The molecule has 0 fully saturated rings. The van der Waals surface area contributed by atoms with E-state index < -0.39 is 22.8 Å². The molecule has 0 N–H and O–H groups in total. The van der Waals surface area contributed by atoms with Crippen molar-refractivity contribution in [2.45, 2.75) is 46.6 Å². The summed E-state index contributed by atoms with van der Waals surface area (Å²) in [6.45, 7) is 9.30. The third kappa shape index (κ3) is 5.42. The SMILES string of the molecule is Cc1cc(N(C)C(=O)OC(C)(C)C)cc(C)c1CCS(=O)[O-]. The number of ether oxygens (including phenoxy) is 1. The van der Waals surface area contributed by atoms with Crippen LogP contribution in [0, 0.1) is 13.8 Å². The van der Waals surface area contributed by atoms with E-state index in [0.29, 0.717) is 6.42 Å². The predicted octanol–water partition coefficient (Wildman–Crippen LogP) is 3.10. The van der Waals surface area contributed by atoms with Crippen LogP contribution in [0.1, 0.15) is 37.5 Å². The van der Waals surface area contributed by atoms with Crippen molar-refractivity contribution >= 4 is 22.9 Å². The van der Waals surface area contributed by atoms with Gasteiger partial charge in [-0.1, -0.05) is 11.1 Å². The van der Waals surface area contributed by atoms with Crippen LogP contribution in [-0.2, 0) is 22.2 Å². The first-order valence-corrected chi connectivity index (χ1v) is 8.38. The molecule has 1 atom stereocenters. The summed E-state index contributed by atoms with van der Waals surface area (Å²) in [5.74, 6) is 0.100. The highest BCUT2D eigenvalue weighted by molar-refractivity contribution is 7.79. The number of rotatable bonds is 4. The highest BCUT2D eigenvalue weighted by atomic mass is 32.2. The van der Waals surface area contributed by atoms with E-state index >= 15 is 0 Å². The molecule has 124 valence electrons. The number of hydrogen-bond donors (Lipinski definition) is 0. The van der Waals surface area contributed by atoms with Crippen LogP contribution in [0.4, 0.5) is 10.5 Å². The summed E-state index contributed by atoms with van der Waals surface area (Å²) in [4.78, 5) is 13.6. The summed E-state index contributed by atoms with van der Waals surface area (Å²) in [5.41, 5.74) is 3.13. The highest BCUT2D eigenvalue weighted by Crippen LogP contribution is 2.24. The van der Waals surface area contributed by atoms with Crippen molar-refractivity contribution in [2.75, 3.05) is 17.7 Å². The van der Waals surface area contributed by atoms with Gasteiger partial charge in [-0.05, 0) is 69.9 Å². The third-order valence-electron chi connectivity index (χ3n) is 3.25. The molecule has 0 aliphatic carbocycles. The summed E-state index contributed by atoms with van der Waals surface area (Å²) in [7, 11) is 1.66. The highest BCUT2D eigenvalue weighted by Gasteiger charge is 2.21. The van der Waals surface area contributed by atoms with Gasteiger partial charge in [-0.3, -0.25) is 9.11 Å². The predicted molar refractivity (Wildman–Crippen MR) is 88.0 cm³/mol. The normalized spacial score (nSPS) is 12.9. The fourth-order valence-corrected chi connectivity index (χ4v) is 2.55. The summed E-state index contributed by atoms with van der Waals surface area (Å²) >= 11 is -2.05. The fourth-order valence-electron chi connectivity index (χ4n) is 2.18. The summed E-state index contributed by atoms with van der Waals surface area (Å²) in [6.07, 6.45) is 0.0595. The molecule has 0 saturated carbocycles. The fraction of sp³-hybridized carbons (Fsp3) is 0.562. The van der Waals surface area contributed by atoms with Gasteiger partial charge in [0.1, 0.15) is 5.60 Å². The van der Waals surface area contributed by atoms with E-state index in [9.17, 15) is 13.6 Å². The Bertz CT molecular complexity index is 555. The van der Waals surface area contributed by atoms with E-state index in [2.05, 4.69) is 0 Å². The first-order chi connectivity index (χ1) is 10.0. The quantitative estimate of drug-likeness (QED) is 0.797. The van der Waals surface area contributed by atoms with Crippen molar-refractivity contribution in [1.82, 2.24) is 0 Å². The Morgan fingerprint density at radius 1 is 1.27 bits per heavy atom. The summed E-state index contributed by atoms with van der Waals surface area (Å²) < 4.78 is 26.8. The lowest BCUT2D eigenvalue weighted by Gasteiger charge is -2.25. The van der Waals surface area contributed by atoms with Gasteiger partial charge in [-0.15, -0.1) is 0 Å². The third-order valence-corrected chi connectivity index (χ3v) is 3.79. The monoisotopic (exact) mass is 326 g/mol. The Hall–Kier alpha value is -1.40. The van der Waals surface area contributed by atoms with Crippen molar-refractivity contribution in [3.05, 3.63) is 28.8 Å². The van der Waals surface area contributed by atoms with Crippen LogP contribution in [0.5, 0.6) is 0 Å². The molecule has 1 rings (SSSR count). The summed E-state index contributed by atoms with van der Waals surface area (Å²) in [6, 6.07) is 3.75. The molecular formula is C16H24NO4S-. The van der Waals surface area contributed by atoms with Crippen LogP contribution in [0.25, 0.3) is 0 Å². The maximum Gasteiger partial charge on any atom is 0.414 e. The number of benzene rings is 1. The number of carbonyl (C=O) groups is 1. The lowest BCUT2D eigenvalue weighted by atomic mass is 9.99. The molecule has 0 heterocycles. The second-order valence-corrected chi connectivity index (χ2v) is 7.37. The van der Waals surface area contributed by atoms with E-state index in [4.69, 9.17) is 4.74 Å². The van der Waals surface area contributed by atoms with Gasteiger partial charge in [0.25, 0.3) is 0 Å². The number of carbonyl (C=O) groups excluding carboxylic acids is 1. The number of nitrogens with zero attached hydrogens (tertiary/aromatic N) is 1. The topological polar surface area (TPSA) is 69.7 Å². The van der Waals surface area contributed by atoms with E-state index in [-0.39, 0.29) is 5.75 Å². The van der Waals surface area contributed by atoms with Gasteiger partial charge in [0.15, 0.2) is 0 Å². The minimum absolute atomic E-state index is 0.100. The maximum absolute atomic E-state index is 12.1. The van der Waals surface area contributed by atoms with Crippen LogP contribution in [0.3, 0.4) is 0 Å². The van der Waals surface area contributed by atoms with Gasteiger partial charge < -0.3 is 9.29 Å². The van der Waals surface area contributed by atoms with Crippen LogP contribution in [0.2, 0.25) is 0 Å². The molecule has 1 unspecified atom stereocenters. The molecule has 0 bridgehead atoms. The molecule has 22 heavy (non-hydrogen) atoms. The van der Waals surface area contributed by atoms with Gasteiger partial charge in [0.05, 0.1) is 0 Å². The Kier molecular flexibility index (Phi) is 6.14. The zero-order valence-corrected chi connectivity index (χ0v) is 14.9. The van der Waals surface area contributed by atoms with E-state index in [1.165, 1.54) is 4.90 Å². The number of hydrogen-bond acceptors (Lipinski definition) is 4. The van der Waals surface area contributed by atoms with Crippen LogP contribution in [0.15, 0.2) is 12.1 Å². The largest absolute Gasteiger partial charge is 0.772 e. The second-order valence-electron chi connectivity index (χ2n) is 6.36. The molecule has 0 radical (unpaired) electrons. The van der Waals surface area contributed by atoms with Crippen LogP contribution in [-0.4, -0.2) is 33.3 Å². The number of amides is 1. The molecule has 5 nitrogen and oxygen atoms in total. The Labute approximate surface area is 134 Å². The Morgan fingerprint density at radius 2 is 1.77 bits per heavy atom. The van der Waals surface area contributed by atoms with Gasteiger partial charge in [0, 0.05) is 18.5 Å². The first-order valence-electron chi connectivity index (χ1n) is 7.14. The van der Waals surface area contributed by atoms with Gasteiger partial charge in [-0.2, -0.15) is 0 Å². The smallest absolute Gasteiger partial charge is 0.414 e. The Morgan fingerprint density at radius 3 is 2.18 bits per heavy atom. The molecule has 0 aliphatic heterocycles. The molecule has 0 spiro atoms. The van der Waals surface area contributed by atoms with Crippen LogP contribution >= 0.6 is 0 Å². The Balaban J connectivity index is 2.98. The van der Waals surface area contributed by atoms with Gasteiger partial charge in [0.2, 0.25) is 0 Å². The lowest BCUT2D eigenvalue weighted by Crippen LogP contribution is -2.34. The van der Waals surface area contributed by atoms with E-state index in [0.717, 1.165) is 22.4 Å². The van der Waals surface area contributed by atoms with Crippen molar-refractivity contribution < 1.29 is 18.3 Å². The zero-order chi connectivity index (χ0) is 17.1. The molecular weight excluding hydrogens is 302 g/mol. The minimum Gasteiger partial charge on any atom is -0.772 e. The van der Waals surface area contributed by atoms with E-state index in [1.807, 2.05) is 46.8 Å². The number of aryl methyl sites for hydroxylation is 2. The molecule has 1 aromatic rings. The average molecular weight is 326 g/mol. The molecule has 0 aromatic heterocycles. The van der Waals surface area contributed by atoms with Crippen molar-refractivity contribution in [3.63, 3.8) is 0 Å². The van der Waals surface area contributed by atoms with Crippen LogP contribution < -0.4 is 4.90 Å². The van der Waals surface area contributed by atoms with Gasteiger partial charge in [-0.25, -0.2) is 4.79 Å². The van der Waals surface area contributed by atoms with Crippen molar-refractivity contribution in [3.8, 4) is 0 Å². The molecule has 0 aliphatic rings. The lowest BCUT2D eigenvalue weighted by molar-refractivity contribution is 0.0589. The molecule has 1 amide bonds. The van der Waals surface area contributed by atoms with E-state index in [1.54, 1.807) is 7.05 Å².